The van der Waals surface area contributed by atoms with Crippen molar-refractivity contribution in [3.8, 4) is 5.69 Å². The van der Waals surface area contributed by atoms with Crippen LogP contribution in [0.1, 0.15) is 17.0 Å². The van der Waals surface area contributed by atoms with Gasteiger partial charge in [0.15, 0.2) is 0 Å². The third-order valence-corrected chi connectivity index (χ3v) is 5.72. The topological polar surface area (TPSA) is 64.0 Å². The van der Waals surface area contributed by atoms with E-state index in [1.165, 1.54) is 0 Å². The summed E-state index contributed by atoms with van der Waals surface area (Å²) in [6.07, 6.45) is 0. The lowest BCUT2D eigenvalue weighted by atomic mass is 10.2. The molecule has 2 aromatic carbocycles. The summed E-state index contributed by atoms with van der Waals surface area (Å²) < 4.78 is 29.9. The molecular formula is C18H18ClN3O2S. The molecule has 0 saturated heterocycles. The zero-order valence-corrected chi connectivity index (χ0v) is 15.7. The molecule has 0 bridgehead atoms. The van der Waals surface area contributed by atoms with Gasteiger partial charge >= 0.3 is 0 Å². The fourth-order valence-electron chi connectivity index (χ4n) is 2.71. The molecule has 7 heteroatoms. The van der Waals surface area contributed by atoms with E-state index in [-0.39, 0.29) is 4.90 Å². The van der Waals surface area contributed by atoms with Gasteiger partial charge in [0.1, 0.15) is 4.90 Å². The Bertz CT molecular complexity index is 1020. The molecule has 0 aliphatic heterocycles. The van der Waals surface area contributed by atoms with E-state index in [4.69, 9.17) is 11.6 Å². The van der Waals surface area contributed by atoms with Crippen LogP contribution in [0.4, 0.5) is 5.69 Å². The molecule has 0 spiro atoms. The van der Waals surface area contributed by atoms with E-state index in [0.29, 0.717) is 22.1 Å². The van der Waals surface area contributed by atoms with E-state index >= 15 is 0 Å². The lowest BCUT2D eigenvalue weighted by molar-refractivity contribution is 0.600. The maximum Gasteiger partial charge on any atom is 0.265 e. The molecule has 0 fully saturated rings. The second kappa shape index (κ2) is 6.54. The van der Waals surface area contributed by atoms with Gasteiger partial charge in [0.05, 0.1) is 22.8 Å². The summed E-state index contributed by atoms with van der Waals surface area (Å²) in [5, 5.41) is 4.87. The maximum absolute atomic E-state index is 12.8. The molecule has 1 heterocycles. The normalized spacial score (nSPS) is 11.5. The van der Waals surface area contributed by atoms with Gasteiger partial charge < -0.3 is 0 Å². The number of benzene rings is 2. The lowest BCUT2D eigenvalue weighted by Crippen LogP contribution is -2.15. The highest BCUT2D eigenvalue weighted by molar-refractivity contribution is 7.92. The van der Waals surface area contributed by atoms with Gasteiger partial charge in [-0.05, 0) is 51.1 Å². The maximum atomic E-state index is 12.8. The van der Waals surface area contributed by atoms with Crippen molar-refractivity contribution in [2.24, 2.45) is 0 Å². The van der Waals surface area contributed by atoms with Gasteiger partial charge in [-0.15, -0.1) is 0 Å². The molecule has 0 radical (unpaired) electrons. The van der Waals surface area contributed by atoms with E-state index in [1.54, 1.807) is 42.8 Å². The number of rotatable bonds is 4. The fourth-order valence-corrected chi connectivity index (χ4v) is 4.35. The average Bonchev–Trinajstić information content (AvgIpc) is 2.83. The highest BCUT2D eigenvalue weighted by Crippen LogP contribution is 2.26. The van der Waals surface area contributed by atoms with Gasteiger partial charge in [-0.3, -0.25) is 4.72 Å². The Morgan fingerprint density at radius 2 is 1.72 bits per heavy atom. The van der Waals surface area contributed by atoms with Gasteiger partial charge in [0.2, 0.25) is 0 Å². The number of hydrogen-bond donors (Lipinski definition) is 1. The first kappa shape index (κ1) is 17.5. The largest absolute Gasteiger partial charge is 0.279 e. The van der Waals surface area contributed by atoms with E-state index < -0.39 is 10.0 Å². The number of nitrogens with zero attached hydrogens (tertiary/aromatic N) is 2. The molecule has 1 aromatic heterocycles. The quantitative estimate of drug-likeness (QED) is 0.741. The lowest BCUT2D eigenvalue weighted by Gasteiger charge is -2.09. The number of aryl methyl sites for hydroxylation is 2. The molecular weight excluding hydrogens is 358 g/mol. The van der Waals surface area contributed by atoms with Crippen molar-refractivity contribution in [1.29, 1.82) is 0 Å². The Labute approximate surface area is 152 Å². The predicted molar refractivity (Wildman–Crippen MR) is 100 cm³/mol. The van der Waals surface area contributed by atoms with Crippen LogP contribution in [0, 0.1) is 20.8 Å². The third-order valence-electron chi connectivity index (χ3n) is 3.85. The number of aromatic nitrogens is 2. The first-order valence-corrected chi connectivity index (χ1v) is 9.56. The van der Waals surface area contributed by atoms with Crippen molar-refractivity contribution >= 4 is 27.3 Å². The Balaban J connectivity index is 2.03. The smallest absolute Gasteiger partial charge is 0.265 e. The summed E-state index contributed by atoms with van der Waals surface area (Å²) in [5.74, 6) is 0. The molecule has 130 valence electrons. The Morgan fingerprint density at radius 3 is 2.36 bits per heavy atom. The van der Waals surface area contributed by atoms with Crippen LogP contribution in [0.3, 0.4) is 0 Å². The summed E-state index contributed by atoms with van der Waals surface area (Å²) in [7, 11) is -3.78. The number of sulfonamides is 1. The third kappa shape index (κ3) is 3.55. The van der Waals surface area contributed by atoms with E-state index in [9.17, 15) is 8.42 Å². The second-order valence-corrected chi connectivity index (χ2v) is 7.92. The summed E-state index contributed by atoms with van der Waals surface area (Å²) in [6.45, 7) is 5.42. The van der Waals surface area contributed by atoms with Crippen LogP contribution >= 0.6 is 11.6 Å². The van der Waals surface area contributed by atoms with Crippen molar-refractivity contribution in [1.82, 2.24) is 9.78 Å². The van der Waals surface area contributed by atoms with Crippen LogP contribution in [-0.2, 0) is 10.0 Å². The van der Waals surface area contributed by atoms with Crippen LogP contribution in [0.25, 0.3) is 5.69 Å². The first-order chi connectivity index (χ1) is 11.8. The van der Waals surface area contributed by atoms with E-state index in [1.807, 2.05) is 31.2 Å². The first-order valence-electron chi connectivity index (χ1n) is 7.69. The molecule has 3 aromatic rings. The monoisotopic (exact) mass is 375 g/mol. The molecule has 0 saturated carbocycles. The Hall–Kier alpha value is -2.31. The Morgan fingerprint density at radius 1 is 1.04 bits per heavy atom. The predicted octanol–water partition coefficient (Wildman–Crippen LogP) is 4.25. The highest BCUT2D eigenvalue weighted by Gasteiger charge is 2.25. The second-order valence-electron chi connectivity index (χ2n) is 5.86. The van der Waals surface area contributed by atoms with Crippen molar-refractivity contribution in [2.75, 3.05) is 4.72 Å². The molecule has 0 unspecified atom stereocenters. The summed E-state index contributed by atoms with van der Waals surface area (Å²) in [4.78, 5) is 0.174. The molecule has 0 aliphatic rings. The van der Waals surface area contributed by atoms with Crippen LogP contribution in [-0.4, -0.2) is 18.2 Å². The molecule has 0 atom stereocenters. The number of hydrogen-bond acceptors (Lipinski definition) is 3. The van der Waals surface area contributed by atoms with Crippen molar-refractivity contribution in [3.63, 3.8) is 0 Å². The zero-order valence-electron chi connectivity index (χ0n) is 14.1. The molecule has 3 rings (SSSR count). The van der Waals surface area contributed by atoms with Gasteiger partial charge in [-0.2, -0.15) is 5.10 Å². The summed E-state index contributed by atoms with van der Waals surface area (Å²) in [5.41, 5.74) is 3.34. The zero-order chi connectivity index (χ0) is 18.2. The standard InChI is InChI=1S/C18H18ClN3O2S/c1-12-7-9-17(10-8-12)22-14(3)18(13(2)20-22)25(23,24)21-16-6-4-5-15(19)11-16/h4-11,21H,1-3H3. The number of anilines is 1. The number of nitrogens with one attached hydrogen (secondary N) is 1. The summed E-state index contributed by atoms with van der Waals surface area (Å²) >= 11 is 5.93. The minimum absolute atomic E-state index is 0.174. The number of halogens is 1. The van der Waals surface area contributed by atoms with Crippen LogP contribution in [0.15, 0.2) is 53.4 Å². The molecule has 25 heavy (non-hydrogen) atoms. The minimum atomic E-state index is -3.78. The molecule has 1 N–H and O–H groups in total. The van der Waals surface area contributed by atoms with Crippen molar-refractivity contribution in [3.05, 3.63) is 70.5 Å². The Kier molecular flexibility index (Phi) is 4.58. The molecule has 0 amide bonds. The SMILES string of the molecule is Cc1ccc(-n2nc(C)c(S(=O)(=O)Nc3cccc(Cl)c3)c2C)cc1. The van der Waals surface area contributed by atoms with Crippen LogP contribution < -0.4 is 4.72 Å². The van der Waals surface area contributed by atoms with Crippen molar-refractivity contribution < 1.29 is 8.42 Å². The fraction of sp³-hybridized carbons (Fsp3) is 0.167. The average molecular weight is 376 g/mol. The highest BCUT2D eigenvalue weighted by atomic mass is 35.5. The van der Waals surface area contributed by atoms with Gasteiger partial charge in [-0.25, -0.2) is 13.1 Å². The molecule has 0 aliphatic carbocycles. The van der Waals surface area contributed by atoms with Crippen molar-refractivity contribution in [2.45, 2.75) is 25.7 Å². The van der Waals surface area contributed by atoms with E-state index in [2.05, 4.69) is 9.82 Å². The minimum Gasteiger partial charge on any atom is -0.279 e. The summed E-state index contributed by atoms with van der Waals surface area (Å²) in [6, 6.07) is 14.3. The van der Waals surface area contributed by atoms with Gasteiger partial charge in [0.25, 0.3) is 10.0 Å². The van der Waals surface area contributed by atoms with Gasteiger partial charge in [-0.1, -0.05) is 35.4 Å². The van der Waals surface area contributed by atoms with Crippen LogP contribution in [0.2, 0.25) is 5.02 Å². The molecule has 5 nitrogen and oxygen atoms in total. The van der Waals surface area contributed by atoms with Gasteiger partial charge in [0, 0.05) is 5.02 Å². The van der Waals surface area contributed by atoms with Crippen LogP contribution in [0.5, 0.6) is 0 Å². The van der Waals surface area contributed by atoms with E-state index in [0.717, 1.165) is 11.3 Å².